The molecule has 0 spiro atoms. The number of fused-ring (bicyclic) bond motifs is 1. The van der Waals surface area contributed by atoms with Gasteiger partial charge in [0.05, 0.1) is 11.4 Å². The fraction of sp³-hybridized carbons (Fsp3) is 0.227. The average Bonchev–Trinajstić information content (AvgIpc) is 3.07. The summed E-state index contributed by atoms with van der Waals surface area (Å²) in [4.78, 5) is 8.48. The number of ether oxygens (including phenoxy) is 1. The minimum absolute atomic E-state index is 0.249. The van der Waals surface area contributed by atoms with Crippen molar-refractivity contribution in [2.75, 3.05) is 5.73 Å². The zero-order valence-corrected chi connectivity index (χ0v) is 15.9. The molecule has 0 radical (unpaired) electrons. The average molecular weight is 389 g/mol. The lowest BCUT2D eigenvalue weighted by Crippen LogP contribution is -2.25. The Labute approximate surface area is 167 Å². The number of aromatic nitrogens is 4. The molecule has 0 atom stereocenters. The van der Waals surface area contributed by atoms with Crippen molar-refractivity contribution in [1.82, 2.24) is 19.7 Å². The molecule has 0 amide bonds. The van der Waals surface area contributed by atoms with E-state index in [2.05, 4.69) is 16.9 Å². The van der Waals surface area contributed by atoms with Gasteiger partial charge in [-0.1, -0.05) is 25.1 Å². The van der Waals surface area contributed by atoms with E-state index in [9.17, 15) is 0 Å². The summed E-state index contributed by atoms with van der Waals surface area (Å²) < 4.78 is 22.7. The van der Waals surface area contributed by atoms with Crippen LogP contribution in [0.15, 0.2) is 54.9 Å². The SMILES string of the molecule is C[C@H]1C[C@@H](n2nc(-c3ccc(Oc4ccccc4)cc3F)c3c(N)ncnc32)C1. The maximum atomic E-state index is 15.1. The standard InChI is InChI=1S/C22H20FN5O/c1-13-9-14(10-13)28-22-19(21(24)25-12-26-22)20(27-28)17-8-7-16(11-18(17)23)29-15-5-3-2-4-6-15/h2-8,11-14H,9-10H2,1H3,(H2,24,25,26)/t13-,14+. The monoisotopic (exact) mass is 389 g/mol. The molecule has 2 aromatic heterocycles. The summed E-state index contributed by atoms with van der Waals surface area (Å²) in [5.74, 6) is 1.57. The van der Waals surface area contributed by atoms with Crippen molar-refractivity contribution in [3.8, 4) is 22.8 Å². The van der Waals surface area contributed by atoms with Crippen LogP contribution >= 0.6 is 0 Å². The van der Waals surface area contributed by atoms with Crippen LogP contribution in [0.2, 0.25) is 0 Å². The first-order valence-corrected chi connectivity index (χ1v) is 9.61. The number of nitrogens with zero attached hydrogens (tertiary/aromatic N) is 4. The van der Waals surface area contributed by atoms with Gasteiger partial charge in [-0.05, 0) is 43.0 Å². The fourth-order valence-corrected chi connectivity index (χ4v) is 3.87. The number of halogens is 1. The predicted octanol–water partition coefficient (Wildman–Crippen LogP) is 4.98. The summed E-state index contributed by atoms with van der Waals surface area (Å²) >= 11 is 0. The first kappa shape index (κ1) is 17.6. The molecule has 1 aliphatic rings. The van der Waals surface area contributed by atoms with E-state index in [1.165, 1.54) is 12.4 Å². The summed E-state index contributed by atoms with van der Waals surface area (Å²) in [6.07, 6.45) is 3.47. The van der Waals surface area contributed by atoms with Crippen molar-refractivity contribution < 1.29 is 9.13 Å². The van der Waals surface area contributed by atoms with Gasteiger partial charge in [0.25, 0.3) is 0 Å². The topological polar surface area (TPSA) is 78.9 Å². The Morgan fingerprint density at radius 3 is 2.59 bits per heavy atom. The zero-order chi connectivity index (χ0) is 20.0. The van der Waals surface area contributed by atoms with E-state index in [1.54, 1.807) is 12.1 Å². The normalized spacial score (nSPS) is 18.6. The Morgan fingerprint density at radius 2 is 1.86 bits per heavy atom. The second-order valence-electron chi connectivity index (χ2n) is 7.54. The third-order valence-electron chi connectivity index (χ3n) is 5.39. The lowest BCUT2D eigenvalue weighted by Gasteiger charge is -2.32. The Balaban J connectivity index is 1.57. The van der Waals surface area contributed by atoms with E-state index in [4.69, 9.17) is 15.6 Å². The van der Waals surface area contributed by atoms with Crippen LogP contribution in [-0.2, 0) is 0 Å². The number of hydrogen-bond acceptors (Lipinski definition) is 5. The summed E-state index contributed by atoms with van der Waals surface area (Å²) in [5.41, 5.74) is 7.58. The number of para-hydroxylation sites is 1. The highest BCUT2D eigenvalue weighted by Crippen LogP contribution is 2.41. The first-order chi connectivity index (χ1) is 14.1. The quantitative estimate of drug-likeness (QED) is 0.533. The van der Waals surface area contributed by atoms with Crippen LogP contribution in [0.1, 0.15) is 25.8 Å². The molecule has 29 heavy (non-hydrogen) atoms. The molecular weight excluding hydrogens is 369 g/mol. The summed E-state index contributed by atoms with van der Waals surface area (Å²) in [6, 6.07) is 14.3. The minimum atomic E-state index is -0.435. The van der Waals surface area contributed by atoms with Crippen LogP contribution in [0, 0.1) is 11.7 Å². The molecule has 4 aromatic rings. The maximum Gasteiger partial charge on any atom is 0.164 e. The molecule has 0 saturated heterocycles. The smallest absolute Gasteiger partial charge is 0.164 e. The van der Waals surface area contributed by atoms with Gasteiger partial charge in [0, 0.05) is 11.6 Å². The van der Waals surface area contributed by atoms with Gasteiger partial charge in [0.2, 0.25) is 0 Å². The third-order valence-corrected chi connectivity index (χ3v) is 5.39. The molecule has 0 unspecified atom stereocenters. The van der Waals surface area contributed by atoms with Gasteiger partial charge in [-0.25, -0.2) is 19.0 Å². The molecule has 5 rings (SSSR count). The van der Waals surface area contributed by atoms with Gasteiger partial charge in [0.1, 0.15) is 35.2 Å². The van der Waals surface area contributed by atoms with Gasteiger partial charge in [-0.2, -0.15) is 5.10 Å². The maximum absolute atomic E-state index is 15.1. The summed E-state index contributed by atoms with van der Waals surface area (Å²) in [6.45, 7) is 2.21. The Kier molecular flexibility index (Phi) is 4.16. The number of rotatable bonds is 4. The fourth-order valence-electron chi connectivity index (χ4n) is 3.87. The van der Waals surface area contributed by atoms with E-state index in [-0.39, 0.29) is 6.04 Å². The Morgan fingerprint density at radius 1 is 1.07 bits per heavy atom. The lowest BCUT2D eigenvalue weighted by atomic mass is 9.82. The van der Waals surface area contributed by atoms with Crippen molar-refractivity contribution >= 4 is 16.9 Å². The van der Waals surface area contributed by atoms with E-state index in [0.717, 1.165) is 12.8 Å². The van der Waals surface area contributed by atoms with Crippen molar-refractivity contribution in [1.29, 1.82) is 0 Å². The molecule has 146 valence electrons. The van der Waals surface area contributed by atoms with Crippen LogP contribution in [0.5, 0.6) is 11.5 Å². The summed E-state index contributed by atoms with van der Waals surface area (Å²) in [7, 11) is 0. The van der Waals surface area contributed by atoms with Crippen LogP contribution in [0.3, 0.4) is 0 Å². The van der Waals surface area contributed by atoms with Gasteiger partial charge in [-0.3, -0.25) is 0 Å². The Bertz CT molecular complexity index is 1180. The third kappa shape index (κ3) is 3.08. The van der Waals surface area contributed by atoms with Crippen molar-refractivity contribution in [3.63, 3.8) is 0 Å². The molecule has 0 bridgehead atoms. The van der Waals surface area contributed by atoms with Crippen molar-refractivity contribution in [2.24, 2.45) is 5.92 Å². The number of benzene rings is 2. The van der Waals surface area contributed by atoms with E-state index in [1.807, 2.05) is 35.0 Å². The predicted molar refractivity (Wildman–Crippen MR) is 109 cm³/mol. The molecule has 1 aliphatic carbocycles. The largest absolute Gasteiger partial charge is 0.457 e. The van der Waals surface area contributed by atoms with Gasteiger partial charge >= 0.3 is 0 Å². The molecular formula is C22H20FN5O. The first-order valence-electron chi connectivity index (χ1n) is 9.61. The van der Waals surface area contributed by atoms with Crippen LogP contribution < -0.4 is 10.5 Å². The number of hydrogen-bond donors (Lipinski definition) is 1. The molecule has 2 heterocycles. The van der Waals surface area contributed by atoms with E-state index in [0.29, 0.717) is 45.5 Å². The van der Waals surface area contributed by atoms with Gasteiger partial charge < -0.3 is 10.5 Å². The van der Waals surface area contributed by atoms with E-state index >= 15 is 4.39 Å². The highest BCUT2D eigenvalue weighted by Gasteiger charge is 2.31. The van der Waals surface area contributed by atoms with E-state index < -0.39 is 5.82 Å². The molecule has 0 aliphatic heterocycles. The number of anilines is 1. The van der Waals surface area contributed by atoms with Crippen molar-refractivity contribution in [2.45, 2.75) is 25.8 Å². The van der Waals surface area contributed by atoms with Gasteiger partial charge in [0.15, 0.2) is 5.65 Å². The molecule has 1 fully saturated rings. The molecule has 6 nitrogen and oxygen atoms in total. The molecule has 1 saturated carbocycles. The highest BCUT2D eigenvalue weighted by atomic mass is 19.1. The number of nitrogen functional groups attached to an aromatic ring is 1. The minimum Gasteiger partial charge on any atom is -0.457 e. The van der Waals surface area contributed by atoms with Gasteiger partial charge in [-0.15, -0.1) is 0 Å². The lowest BCUT2D eigenvalue weighted by molar-refractivity contribution is 0.205. The second-order valence-corrected chi connectivity index (χ2v) is 7.54. The van der Waals surface area contributed by atoms with Crippen LogP contribution in [0.25, 0.3) is 22.3 Å². The van der Waals surface area contributed by atoms with Crippen molar-refractivity contribution in [3.05, 3.63) is 60.7 Å². The molecule has 2 N–H and O–H groups in total. The zero-order valence-electron chi connectivity index (χ0n) is 15.9. The van der Waals surface area contributed by atoms with Crippen LogP contribution in [-0.4, -0.2) is 19.7 Å². The molecule has 2 aromatic carbocycles. The Hall–Kier alpha value is -3.48. The summed E-state index contributed by atoms with van der Waals surface area (Å²) in [5, 5.41) is 5.29. The second kappa shape index (κ2) is 6.84. The molecule has 7 heteroatoms. The van der Waals surface area contributed by atoms with Crippen LogP contribution in [0.4, 0.5) is 10.2 Å². The highest BCUT2D eigenvalue weighted by molar-refractivity contribution is 5.98. The number of nitrogens with two attached hydrogens (primary N) is 1.